The van der Waals surface area contributed by atoms with Gasteiger partial charge < -0.3 is 9.64 Å². The molecule has 4 aromatic rings. The van der Waals surface area contributed by atoms with Crippen LogP contribution in [0.4, 0.5) is 0 Å². The number of rotatable bonds is 9. The summed E-state index contributed by atoms with van der Waals surface area (Å²) in [6, 6.07) is 36.5. The number of hydrogen-bond donors (Lipinski definition) is 0. The van der Waals surface area contributed by atoms with Gasteiger partial charge in [0, 0.05) is 11.8 Å². The summed E-state index contributed by atoms with van der Waals surface area (Å²) in [5.41, 5.74) is 5.20. The van der Waals surface area contributed by atoms with Gasteiger partial charge in [-0.2, -0.15) is 0 Å². The first-order valence-corrected chi connectivity index (χ1v) is 12.0. The number of hydrogen-bond acceptors (Lipinski definition) is 2. The van der Waals surface area contributed by atoms with Gasteiger partial charge in [-0.25, -0.2) is 0 Å². The standard InChI is InChI=1S/C29H30NOP/c1-30(2)21-26-15-9-10-16-28(26)32-29-20-25(19-23-11-5-3-6-12-23)17-18-27(29)31-22-24-13-7-4-8-14-24/h3-18,20,32H,19,21-22H2,1-2H3. The zero-order valence-electron chi connectivity index (χ0n) is 18.8. The van der Waals surface area contributed by atoms with Crippen LogP contribution >= 0.6 is 8.58 Å². The molecule has 0 aromatic heterocycles. The van der Waals surface area contributed by atoms with Crippen LogP contribution < -0.4 is 15.3 Å². The van der Waals surface area contributed by atoms with Crippen molar-refractivity contribution in [2.24, 2.45) is 0 Å². The lowest BCUT2D eigenvalue weighted by molar-refractivity contribution is 0.309. The molecule has 0 saturated carbocycles. The van der Waals surface area contributed by atoms with Crippen molar-refractivity contribution in [3.05, 3.63) is 125 Å². The van der Waals surface area contributed by atoms with E-state index in [9.17, 15) is 0 Å². The highest BCUT2D eigenvalue weighted by atomic mass is 31.1. The van der Waals surface area contributed by atoms with Gasteiger partial charge in [0.25, 0.3) is 0 Å². The summed E-state index contributed by atoms with van der Waals surface area (Å²) >= 11 is 0. The normalized spacial score (nSPS) is 11.3. The summed E-state index contributed by atoms with van der Waals surface area (Å²) < 4.78 is 6.32. The quantitative estimate of drug-likeness (QED) is 0.317. The molecule has 0 fully saturated rings. The van der Waals surface area contributed by atoms with E-state index >= 15 is 0 Å². The predicted molar refractivity (Wildman–Crippen MR) is 138 cm³/mol. The Morgan fingerprint density at radius 2 is 1.31 bits per heavy atom. The van der Waals surface area contributed by atoms with Gasteiger partial charge in [-0.3, -0.25) is 0 Å². The third-order valence-electron chi connectivity index (χ3n) is 5.31. The Bertz CT molecular complexity index is 1130. The van der Waals surface area contributed by atoms with E-state index in [1.165, 1.54) is 32.9 Å². The first-order valence-electron chi connectivity index (χ1n) is 11.0. The van der Waals surface area contributed by atoms with Gasteiger partial charge in [0.05, 0.1) is 0 Å². The van der Waals surface area contributed by atoms with Gasteiger partial charge >= 0.3 is 0 Å². The van der Waals surface area contributed by atoms with Crippen molar-refractivity contribution in [1.29, 1.82) is 0 Å². The molecular formula is C29H30NOP. The second kappa shape index (κ2) is 11.1. The van der Waals surface area contributed by atoms with Crippen molar-refractivity contribution in [2.75, 3.05) is 14.1 Å². The Balaban J connectivity index is 1.62. The van der Waals surface area contributed by atoms with Crippen molar-refractivity contribution in [3.8, 4) is 5.75 Å². The molecule has 1 atom stereocenters. The SMILES string of the molecule is CN(C)Cc1ccccc1Pc1cc(Cc2ccccc2)ccc1OCc1ccccc1. The van der Waals surface area contributed by atoms with Crippen molar-refractivity contribution < 1.29 is 4.74 Å². The fourth-order valence-electron chi connectivity index (χ4n) is 3.74. The van der Waals surface area contributed by atoms with Gasteiger partial charge in [-0.05, 0) is 60.2 Å². The van der Waals surface area contributed by atoms with Gasteiger partial charge in [-0.15, -0.1) is 0 Å². The lowest BCUT2D eigenvalue weighted by Crippen LogP contribution is -2.18. The van der Waals surface area contributed by atoms with E-state index < -0.39 is 0 Å². The molecule has 4 aromatic carbocycles. The molecule has 0 heterocycles. The number of ether oxygens (including phenoxy) is 1. The highest BCUT2D eigenvalue weighted by Crippen LogP contribution is 2.24. The largest absolute Gasteiger partial charge is 0.488 e. The lowest BCUT2D eigenvalue weighted by atomic mass is 10.1. The molecule has 0 saturated heterocycles. The van der Waals surface area contributed by atoms with E-state index in [0.29, 0.717) is 15.2 Å². The highest BCUT2D eigenvalue weighted by Gasteiger charge is 2.11. The average Bonchev–Trinajstić information content (AvgIpc) is 2.81. The zero-order valence-corrected chi connectivity index (χ0v) is 19.8. The van der Waals surface area contributed by atoms with E-state index in [4.69, 9.17) is 4.74 Å². The first-order chi connectivity index (χ1) is 15.7. The van der Waals surface area contributed by atoms with E-state index in [-0.39, 0.29) is 0 Å². The molecule has 0 radical (unpaired) electrons. The maximum atomic E-state index is 6.32. The van der Waals surface area contributed by atoms with Crippen LogP contribution in [0.5, 0.6) is 5.75 Å². The third-order valence-corrected chi connectivity index (χ3v) is 6.72. The van der Waals surface area contributed by atoms with Crippen molar-refractivity contribution in [1.82, 2.24) is 4.90 Å². The molecule has 4 rings (SSSR count). The summed E-state index contributed by atoms with van der Waals surface area (Å²) in [5.74, 6) is 0.976. The zero-order chi connectivity index (χ0) is 22.2. The van der Waals surface area contributed by atoms with E-state index in [0.717, 1.165) is 18.7 Å². The minimum absolute atomic E-state index is 0.547. The van der Waals surface area contributed by atoms with E-state index in [1.54, 1.807) is 0 Å². The summed E-state index contributed by atoms with van der Waals surface area (Å²) in [5, 5.41) is 2.64. The Morgan fingerprint density at radius 1 is 0.656 bits per heavy atom. The van der Waals surface area contributed by atoms with Crippen LogP contribution in [0.15, 0.2) is 103 Å². The Hall–Kier alpha value is -2.93. The number of benzene rings is 4. The lowest BCUT2D eigenvalue weighted by Gasteiger charge is -2.17. The molecule has 0 amide bonds. The fraction of sp³-hybridized carbons (Fsp3) is 0.172. The summed E-state index contributed by atoms with van der Waals surface area (Å²) in [4.78, 5) is 2.22. The van der Waals surface area contributed by atoms with Crippen LogP contribution in [-0.2, 0) is 19.6 Å². The van der Waals surface area contributed by atoms with Crippen molar-refractivity contribution in [3.63, 3.8) is 0 Å². The van der Waals surface area contributed by atoms with Crippen LogP contribution in [0.3, 0.4) is 0 Å². The number of nitrogens with zero attached hydrogens (tertiary/aromatic N) is 1. The summed E-state index contributed by atoms with van der Waals surface area (Å²) in [6.07, 6.45) is 0.927. The second-order valence-electron chi connectivity index (χ2n) is 8.29. The monoisotopic (exact) mass is 439 g/mol. The molecule has 32 heavy (non-hydrogen) atoms. The molecule has 0 bridgehead atoms. The summed E-state index contributed by atoms with van der Waals surface area (Å²) in [7, 11) is 4.79. The first kappa shape index (κ1) is 22.3. The van der Waals surface area contributed by atoms with Crippen LogP contribution in [0.2, 0.25) is 0 Å². The van der Waals surface area contributed by atoms with Crippen LogP contribution in [0, 0.1) is 0 Å². The molecule has 162 valence electrons. The molecule has 3 heteroatoms. The fourth-order valence-corrected chi connectivity index (χ4v) is 5.07. The topological polar surface area (TPSA) is 12.5 Å². The van der Waals surface area contributed by atoms with Crippen molar-refractivity contribution >= 4 is 19.2 Å². The molecule has 2 nitrogen and oxygen atoms in total. The highest BCUT2D eigenvalue weighted by molar-refractivity contribution is 7.55. The average molecular weight is 440 g/mol. The predicted octanol–water partition coefficient (Wildman–Crippen LogP) is 5.55. The smallest absolute Gasteiger partial charge is 0.127 e. The Morgan fingerprint density at radius 3 is 2.03 bits per heavy atom. The van der Waals surface area contributed by atoms with Crippen LogP contribution in [-0.4, -0.2) is 19.0 Å². The molecular weight excluding hydrogens is 409 g/mol. The van der Waals surface area contributed by atoms with Crippen molar-refractivity contribution in [2.45, 2.75) is 19.6 Å². The molecule has 1 unspecified atom stereocenters. The minimum atomic E-state index is 0.547. The molecule has 0 N–H and O–H groups in total. The molecule has 0 aliphatic rings. The minimum Gasteiger partial charge on any atom is -0.488 e. The maximum absolute atomic E-state index is 6.32. The van der Waals surface area contributed by atoms with Gasteiger partial charge in [-0.1, -0.05) is 99.6 Å². The third kappa shape index (κ3) is 6.29. The van der Waals surface area contributed by atoms with Crippen LogP contribution in [0.1, 0.15) is 22.3 Å². The summed E-state index contributed by atoms with van der Waals surface area (Å²) in [6.45, 7) is 1.52. The Labute approximate surface area is 193 Å². The van der Waals surface area contributed by atoms with Crippen LogP contribution in [0.25, 0.3) is 0 Å². The molecule has 0 aliphatic heterocycles. The molecule has 0 spiro atoms. The molecule has 0 aliphatic carbocycles. The Kier molecular flexibility index (Phi) is 7.72. The van der Waals surface area contributed by atoms with Gasteiger partial charge in [0.2, 0.25) is 0 Å². The second-order valence-corrected chi connectivity index (χ2v) is 9.61. The van der Waals surface area contributed by atoms with Gasteiger partial charge in [0.15, 0.2) is 0 Å². The van der Waals surface area contributed by atoms with Gasteiger partial charge in [0.1, 0.15) is 12.4 Å². The maximum Gasteiger partial charge on any atom is 0.127 e. The van der Waals surface area contributed by atoms with E-state index in [2.05, 4.69) is 116 Å². The van der Waals surface area contributed by atoms with E-state index in [1.807, 2.05) is 6.07 Å².